The lowest BCUT2D eigenvalue weighted by Gasteiger charge is -2.44. The molecule has 4 N–H and O–H groups in total. The zero-order valence-electron chi connectivity index (χ0n) is 9.71. The van der Waals surface area contributed by atoms with Crippen LogP contribution in [-0.4, -0.2) is 29.0 Å². The molecular weight excluding hydrogens is 178 g/mol. The van der Waals surface area contributed by atoms with Gasteiger partial charge in [-0.3, -0.25) is 0 Å². The van der Waals surface area contributed by atoms with E-state index in [0.29, 0.717) is 0 Å². The summed E-state index contributed by atoms with van der Waals surface area (Å²) in [6.45, 7) is 6.07. The Bertz CT molecular complexity index is 151. The Hall–Kier alpha value is -0.120. The summed E-state index contributed by atoms with van der Waals surface area (Å²) in [5.41, 5.74) is 4.18. The summed E-state index contributed by atoms with van der Waals surface area (Å²) in [6.07, 6.45) is 3.55. The Balaban J connectivity index is 4.80. The zero-order chi connectivity index (χ0) is 11.2. The molecule has 0 bridgehead atoms. The number of aliphatic hydroxyl groups is 2. The van der Waals surface area contributed by atoms with E-state index >= 15 is 0 Å². The number of hydrogen-bond acceptors (Lipinski definition) is 3. The molecule has 0 rings (SSSR count). The van der Waals surface area contributed by atoms with E-state index in [2.05, 4.69) is 13.8 Å². The Morgan fingerprint density at radius 1 is 1.14 bits per heavy atom. The largest absolute Gasteiger partial charge is 0.396 e. The summed E-state index contributed by atoms with van der Waals surface area (Å²) >= 11 is 0. The second-order valence-corrected chi connectivity index (χ2v) is 4.42. The molecule has 3 nitrogen and oxygen atoms in total. The van der Waals surface area contributed by atoms with Crippen molar-refractivity contribution in [2.24, 2.45) is 11.1 Å². The number of rotatable bonds is 7. The summed E-state index contributed by atoms with van der Waals surface area (Å²) in [5, 5.41) is 19.7. The number of nitrogens with two attached hydrogens (primary N) is 1. The minimum atomic E-state index is -0.965. The van der Waals surface area contributed by atoms with Crippen molar-refractivity contribution in [1.82, 2.24) is 0 Å². The lowest BCUT2D eigenvalue weighted by atomic mass is 9.67. The van der Waals surface area contributed by atoms with E-state index in [1.807, 2.05) is 0 Å². The Labute approximate surface area is 87.3 Å². The van der Waals surface area contributed by atoms with Gasteiger partial charge in [-0.2, -0.15) is 0 Å². The number of aliphatic hydroxyl groups excluding tert-OH is 1. The van der Waals surface area contributed by atoms with Gasteiger partial charge in [0.05, 0.1) is 12.2 Å². The average Bonchev–Trinajstić information content (AvgIpc) is 2.17. The molecule has 0 spiro atoms. The fourth-order valence-corrected chi connectivity index (χ4v) is 2.17. The third kappa shape index (κ3) is 2.69. The minimum Gasteiger partial charge on any atom is -0.396 e. The molecule has 0 fully saturated rings. The van der Waals surface area contributed by atoms with Gasteiger partial charge in [-0.1, -0.05) is 26.7 Å². The van der Waals surface area contributed by atoms with Crippen LogP contribution in [0.25, 0.3) is 0 Å². The quantitative estimate of drug-likeness (QED) is 0.584. The third-order valence-corrected chi connectivity index (χ3v) is 3.30. The van der Waals surface area contributed by atoms with E-state index < -0.39 is 11.0 Å². The van der Waals surface area contributed by atoms with Crippen LogP contribution in [0.3, 0.4) is 0 Å². The van der Waals surface area contributed by atoms with Crippen LogP contribution in [0, 0.1) is 5.41 Å². The van der Waals surface area contributed by atoms with Crippen molar-refractivity contribution in [1.29, 1.82) is 0 Å². The maximum atomic E-state index is 10.2. The van der Waals surface area contributed by atoms with Crippen LogP contribution < -0.4 is 5.73 Å². The molecular formula is C11H25NO2. The predicted octanol–water partition coefficient (Wildman–Crippen LogP) is 1.27. The van der Waals surface area contributed by atoms with Gasteiger partial charge >= 0.3 is 0 Å². The molecule has 1 atom stereocenters. The van der Waals surface area contributed by atoms with E-state index in [1.165, 1.54) is 0 Å². The second-order valence-electron chi connectivity index (χ2n) is 4.42. The van der Waals surface area contributed by atoms with Gasteiger partial charge in [0, 0.05) is 12.0 Å². The smallest absolute Gasteiger partial charge is 0.0819 e. The molecule has 0 aromatic heterocycles. The van der Waals surface area contributed by atoms with E-state index in [1.54, 1.807) is 6.92 Å². The van der Waals surface area contributed by atoms with Crippen LogP contribution in [0.5, 0.6) is 0 Å². The molecule has 1 unspecified atom stereocenters. The molecule has 0 radical (unpaired) electrons. The molecule has 3 heteroatoms. The van der Waals surface area contributed by atoms with Gasteiger partial charge < -0.3 is 15.9 Å². The lowest BCUT2D eigenvalue weighted by Crippen LogP contribution is -2.53. The Morgan fingerprint density at radius 3 is 1.79 bits per heavy atom. The van der Waals surface area contributed by atoms with Crippen molar-refractivity contribution in [3.63, 3.8) is 0 Å². The fraction of sp³-hybridized carbons (Fsp3) is 1.00. The van der Waals surface area contributed by atoms with E-state index in [0.717, 1.165) is 25.7 Å². The van der Waals surface area contributed by atoms with E-state index in [4.69, 9.17) is 5.73 Å². The first-order chi connectivity index (χ1) is 6.49. The van der Waals surface area contributed by atoms with Crippen molar-refractivity contribution in [3.8, 4) is 0 Å². The van der Waals surface area contributed by atoms with Gasteiger partial charge in [0.1, 0.15) is 0 Å². The van der Waals surface area contributed by atoms with Crippen LogP contribution in [-0.2, 0) is 0 Å². The summed E-state index contributed by atoms with van der Waals surface area (Å²) in [6, 6.07) is 0. The van der Waals surface area contributed by atoms with E-state index in [9.17, 15) is 10.2 Å². The molecule has 86 valence electrons. The lowest BCUT2D eigenvalue weighted by molar-refractivity contribution is -0.101. The molecule has 0 aliphatic heterocycles. The second kappa shape index (κ2) is 5.69. The molecule has 0 aliphatic carbocycles. The summed E-state index contributed by atoms with van der Waals surface area (Å²) in [5.74, 6) is 0. The molecule has 0 aromatic rings. The first-order valence-electron chi connectivity index (χ1n) is 5.53. The van der Waals surface area contributed by atoms with Crippen molar-refractivity contribution in [3.05, 3.63) is 0 Å². The van der Waals surface area contributed by atoms with Crippen molar-refractivity contribution >= 4 is 0 Å². The van der Waals surface area contributed by atoms with Gasteiger partial charge in [0.25, 0.3) is 0 Å². The Morgan fingerprint density at radius 2 is 1.57 bits per heavy atom. The molecule has 0 heterocycles. The monoisotopic (exact) mass is 203 g/mol. The van der Waals surface area contributed by atoms with Crippen LogP contribution in [0.1, 0.15) is 46.5 Å². The average molecular weight is 203 g/mol. The zero-order valence-corrected chi connectivity index (χ0v) is 9.71. The standard InChI is InChI=1S/C11H25NO2/c1-4-6-11(9-13,7-5-2)10(3,14)8-12/h13-14H,4-9,12H2,1-3H3. The highest BCUT2D eigenvalue weighted by Gasteiger charge is 2.44. The molecule has 14 heavy (non-hydrogen) atoms. The third-order valence-electron chi connectivity index (χ3n) is 3.30. The topological polar surface area (TPSA) is 66.5 Å². The highest BCUT2D eigenvalue weighted by atomic mass is 16.3. The SMILES string of the molecule is CCCC(CO)(CCC)C(C)(O)CN. The van der Waals surface area contributed by atoms with Crippen LogP contribution in [0.15, 0.2) is 0 Å². The van der Waals surface area contributed by atoms with E-state index in [-0.39, 0.29) is 13.2 Å². The number of hydrogen-bond donors (Lipinski definition) is 3. The molecule has 0 aromatic carbocycles. The normalized spacial score (nSPS) is 16.7. The van der Waals surface area contributed by atoms with Crippen LogP contribution >= 0.6 is 0 Å². The molecule has 0 aliphatic rings. The molecule has 0 saturated carbocycles. The minimum absolute atomic E-state index is 0.0128. The van der Waals surface area contributed by atoms with Crippen molar-refractivity contribution < 1.29 is 10.2 Å². The van der Waals surface area contributed by atoms with Gasteiger partial charge in [-0.05, 0) is 19.8 Å². The van der Waals surface area contributed by atoms with Gasteiger partial charge in [-0.15, -0.1) is 0 Å². The summed E-state index contributed by atoms with van der Waals surface area (Å²) < 4.78 is 0. The van der Waals surface area contributed by atoms with Crippen LogP contribution in [0.2, 0.25) is 0 Å². The first kappa shape index (κ1) is 13.9. The maximum Gasteiger partial charge on any atom is 0.0819 e. The van der Waals surface area contributed by atoms with Gasteiger partial charge in [0.15, 0.2) is 0 Å². The van der Waals surface area contributed by atoms with Crippen molar-refractivity contribution in [2.75, 3.05) is 13.2 Å². The highest BCUT2D eigenvalue weighted by molar-refractivity contribution is 4.96. The molecule has 0 amide bonds. The van der Waals surface area contributed by atoms with Gasteiger partial charge in [-0.25, -0.2) is 0 Å². The first-order valence-corrected chi connectivity index (χ1v) is 5.53. The van der Waals surface area contributed by atoms with Gasteiger partial charge in [0.2, 0.25) is 0 Å². The van der Waals surface area contributed by atoms with Crippen LogP contribution in [0.4, 0.5) is 0 Å². The van der Waals surface area contributed by atoms with Crippen molar-refractivity contribution in [2.45, 2.75) is 52.1 Å². The fourth-order valence-electron chi connectivity index (χ4n) is 2.17. The summed E-state index contributed by atoms with van der Waals surface area (Å²) in [4.78, 5) is 0. The molecule has 0 saturated heterocycles. The maximum absolute atomic E-state index is 10.2. The predicted molar refractivity (Wildman–Crippen MR) is 59.0 cm³/mol. The highest BCUT2D eigenvalue weighted by Crippen LogP contribution is 2.39. The summed E-state index contributed by atoms with van der Waals surface area (Å²) in [7, 11) is 0. The Kier molecular flexibility index (Phi) is 5.64.